The maximum Gasteiger partial charge on any atom is 0.0891 e. The normalized spacial score (nSPS) is 10.6. The van der Waals surface area contributed by atoms with Gasteiger partial charge in [0.2, 0.25) is 0 Å². The van der Waals surface area contributed by atoms with E-state index in [1.165, 1.54) is 18.6 Å². The summed E-state index contributed by atoms with van der Waals surface area (Å²) in [5, 5.41) is 2.01. The van der Waals surface area contributed by atoms with Crippen LogP contribution in [0.3, 0.4) is 0 Å². The lowest BCUT2D eigenvalue weighted by atomic mass is 10.4. The molecule has 0 heterocycles. The molecule has 10 heavy (non-hydrogen) atoms. The van der Waals surface area contributed by atoms with Crippen LogP contribution < -0.4 is 0 Å². The largest absolute Gasteiger partial charge is 0.501 e. The molecule has 0 rings (SSSR count). The van der Waals surface area contributed by atoms with Crippen molar-refractivity contribution in [3.8, 4) is 0 Å². The maximum absolute atomic E-state index is 5.01. The van der Waals surface area contributed by atoms with Crippen LogP contribution in [0.4, 0.5) is 0 Å². The molecule has 0 aromatic carbocycles. The molecule has 0 aliphatic rings. The topological polar surface area (TPSA) is 9.23 Å². The van der Waals surface area contributed by atoms with Crippen molar-refractivity contribution in [2.45, 2.75) is 26.7 Å². The lowest BCUT2D eigenvalue weighted by Crippen LogP contribution is -1.76. The summed E-state index contributed by atoms with van der Waals surface area (Å²) in [6.07, 6.45) is 4.33. The number of ether oxygens (including phenoxy) is 1. The van der Waals surface area contributed by atoms with Gasteiger partial charge in [-0.2, -0.15) is 0 Å². The van der Waals surface area contributed by atoms with Gasteiger partial charge in [-0.15, -0.1) is 11.8 Å². The standard InChI is InChI=1S/C8H16OS/c1-3-5-7-10-8-6-9-4-2/h6,8H,3-5,7H2,1-2H3. The van der Waals surface area contributed by atoms with E-state index >= 15 is 0 Å². The molecular weight excluding hydrogens is 144 g/mol. The molecule has 0 unspecified atom stereocenters. The first kappa shape index (κ1) is 9.89. The molecule has 0 saturated carbocycles. The summed E-state index contributed by atoms with van der Waals surface area (Å²) < 4.78 is 5.01. The van der Waals surface area contributed by atoms with Crippen LogP contribution in [0.25, 0.3) is 0 Å². The second kappa shape index (κ2) is 8.89. The van der Waals surface area contributed by atoms with Crippen LogP contribution in [0.1, 0.15) is 26.7 Å². The molecule has 0 bridgehead atoms. The quantitative estimate of drug-likeness (QED) is 0.436. The van der Waals surface area contributed by atoms with E-state index in [-0.39, 0.29) is 0 Å². The first-order valence-corrected chi connectivity index (χ1v) is 4.85. The fraction of sp³-hybridized carbons (Fsp3) is 0.750. The summed E-state index contributed by atoms with van der Waals surface area (Å²) in [7, 11) is 0. The SMILES string of the molecule is CCCCSC=COCC. The molecule has 60 valence electrons. The average molecular weight is 160 g/mol. The van der Waals surface area contributed by atoms with E-state index < -0.39 is 0 Å². The summed E-state index contributed by atoms with van der Waals surface area (Å²) in [4.78, 5) is 0. The molecule has 0 aromatic rings. The smallest absolute Gasteiger partial charge is 0.0891 e. The Labute approximate surface area is 67.8 Å². The number of hydrogen-bond acceptors (Lipinski definition) is 2. The van der Waals surface area contributed by atoms with Gasteiger partial charge in [0.05, 0.1) is 12.9 Å². The second-order valence-corrected chi connectivity index (χ2v) is 2.97. The third-order valence-electron chi connectivity index (χ3n) is 1.03. The van der Waals surface area contributed by atoms with Crippen LogP contribution in [0.15, 0.2) is 11.7 Å². The fourth-order valence-electron chi connectivity index (χ4n) is 0.471. The fourth-order valence-corrected chi connectivity index (χ4v) is 1.22. The van der Waals surface area contributed by atoms with Gasteiger partial charge in [0.1, 0.15) is 0 Å². The minimum atomic E-state index is 0.769. The van der Waals surface area contributed by atoms with Crippen LogP contribution >= 0.6 is 11.8 Å². The predicted molar refractivity (Wildman–Crippen MR) is 48.1 cm³/mol. The Morgan fingerprint density at radius 1 is 1.40 bits per heavy atom. The predicted octanol–water partition coefficient (Wildman–Crippen LogP) is 3.03. The van der Waals surface area contributed by atoms with Crippen molar-refractivity contribution < 1.29 is 4.74 Å². The van der Waals surface area contributed by atoms with Gasteiger partial charge in [0.15, 0.2) is 0 Å². The first-order chi connectivity index (χ1) is 4.91. The van der Waals surface area contributed by atoms with Crippen molar-refractivity contribution in [2.75, 3.05) is 12.4 Å². The van der Waals surface area contributed by atoms with Gasteiger partial charge >= 0.3 is 0 Å². The Balaban J connectivity index is 2.88. The number of unbranched alkanes of at least 4 members (excludes halogenated alkanes) is 1. The van der Waals surface area contributed by atoms with E-state index in [1.54, 1.807) is 6.26 Å². The maximum atomic E-state index is 5.01. The van der Waals surface area contributed by atoms with Gasteiger partial charge in [-0.1, -0.05) is 13.3 Å². The highest BCUT2D eigenvalue weighted by molar-refractivity contribution is 8.02. The van der Waals surface area contributed by atoms with Crippen LogP contribution in [0.5, 0.6) is 0 Å². The molecule has 0 fully saturated rings. The minimum absolute atomic E-state index is 0.769. The molecule has 0 aliphatic heterocycles. The number of thioether (sulfide) groups is 1. The van der Waals surface area contributed by atoms with Gasteiger partial charge in [0.25, 0.3) is 0 Å². The van der Waals surface area contributed by atoms with Gasteiger partial charge in [0, 0.05) is 5.41 Å². The first-order valence-electron chi connectivity index (χ1n) is 3.80. The van der Waals surface area contributed by atoms with Crippen molar-refractivity contribution >= 4 is 11.8 Å². The molecule has 0 atom stereocenters. The van der Waals surface area contributed by atoms with Gasteiger partial charge in [-0.3, -0.25) is 0 Å². The highest BCUT2D eigenvalue weighted by atomic mass is 32.2. The van der Waals surface area contributed by atoms with Gasteiger partial charge in [-0.25, -0.2) is 0 Å². The van der Waals surface area contributed by atoms with Crippen molar-refractivity contribution in [1.82, 2.24) is 0 Å². The van der Waals surface area contributed by atoms with E-state index in [2.05, 4.69) is 6.92 Å². The third-order valence-corrected chi connectivity index (χ3v) is 1.86. The van der Waals surface area contributed by atoms with Gasteiger partial charge in [-0.05, 0) is 19.1 Å². The summed E-state index contributed by atoms with van der Waals surface area (Å²) in [6, 6.07) is 0. The zero-order valence-corrected chi connectivity index (χ0v) is 7.62. The van der Waals surface area contributed by atoms with E-state index in [4.69, 9.17) is 4.74 Å². The number of rotatable bonds is 6. The van der Waals surface area contributed by atoms with Crippen molar-refractivity contribution in [1.29, 1.82) is 0 Å². The monoisotopic (exact) mass is 160 g/mol. The molecule has 0 aliphatic carbocycles. The zero-order valence-electron chi connectivity index (χ0n) is 6.80. The average Bonchev–Trinajstić information content (AvgIpc) is 1.97. The van der Waals surface area contributed by atoms with Gasteiger partial charge < -0.3 is 4.74 Å². The minimum Gasteiger partial charge on any atom is -0.501 e. The van der Waals surface area contributed by atoms with E-state index in [0.29, 0.717) is 0 Å². The number of hydrogen-bond donors (Lipinski definition) is 0. The molecule has 0 saturated heterocycles. The Hall–Kier alpha value is -0.110. The molecular formula is C8H16OS. The van der Waals surface area contributed by atoms with Crippen molar-refractivity contribution in [2.24, 2.45) is 0 Å². The van der Waals surface area contributed by atoms with Crippen molar-refractivity contribution in [3.63, 3.8) is 0 Å². The summed E-state index contributed by atoms with van der Waals surface area (Å²) >= 11 is 1.81. The summed E-state index contributed by atoms with van der Waals surface area (Å²) in [5.74, 6) is 1.21. The molecule has 0 amide bonds. The summed E-state index contributed by atoms with van der Waals surface area (Å²) in [6.45, 7) is 4.96. The Morgan fingerprint density at radius 2 is 2.20 bits per heavy atom. The lowest BCUT2D eigenvalue weighted by molar-refractivity contribution is 0.270. The van der Waals surface area contributed by atoms with E-state index in [9.17, 15) is 0 Å². The van der Waals surface area contributed by atoms with Crippen molar-refractivity contribution in [3.05, 3.63) is 11.7 Å². The molecule has 0 aromatic heterocycles. The van der Waals surface area contributed by atoms with Crippen LogP contribution in [-0.4, -0.2) is 12.4 Å². The van der Waals surface area contributed by atoms with E-state index in [1.807, 2.05) is 24.1 Å². The zero-order chi connectivity index (χ0) is 7.66. The highest BCUT2D eigenvalue weighted by Gasteiger charge is 1.80. The van der Waals surface area contributed by atoms with E-state index in [0.717, 1.165) is 6.61 Å². The molecule has 0 N–H and O–H groups in total. The summed E-state index contributed by atoms with van der Waals surface area (Å²) in [5.41, 5.74) is 0. The second-order valence-electron chi connectivity index (χ2n) is 1.95. The Morgan fingerprint density at radius 3 is 2.80 bits per heavy atom. The lowest BCUT2D eigenvalue weighted by Gasteiger charge is -1.93. The van der Waals surface area contributed by atoms with Crippen LogP contribution in [0.2, 0.25) is 0 Å². The molecule has 0 radical (unpaired) electrons. The van der Waals surface area contributed by atoms with Crippen LogP contribution in [0, 0.1) is 0 Å². The van der Waals surface area contributed by atoms with Crippen LogP contribution in [-0.2, 0) is 4.74 Å². The Kier molecular flexibility index (Phi) is 8.79. The molecule has 2 heteroatoms. The Bertz CT molecular complexity index is 81.3. The third kappa shape index (κ3) is 7.89. The molecule has 0 spiro atoms. The molecule has 1 nitrogen and oxygen atoms in total. The highest BCUT2D eigenvalue weighted by Crippen LogP contribution is 2.05.